The molecule has 0 aliphatic rings. The Kier molecular flexibility index (Phi) is 3.31. The molecule has 0 saturated carbocycles. The van der Waals surface area contributed by atoms with Crippen LogP contribution in [0.15, 0.2) is 28.9 Å². The zero-order chi connectivity index (χ0) is 9.84. The molecule has 3 nitrogen and oxygen atoms in total. The molecule has 0 aliphatic carbocycles. The molecule has 0 atom stereocenters. The van der Waals surface area contributed by atoms with Gasteiger partial charge in [0.2, 0.25) is 0 Å². The fourth-order valence-electron chi connectivity index (χ4n) is 0.817. The van der Waals surface area contributed by atoms with Crippen LogP contribution < -0.4 is 11.1 Å². The van der Waals surface area contributed by atoms with Crippen LogP contribution >= 0.6 is 15.9 Å². The number of anilines is 2. The van der Waals surface area contributed by atoms with Crippen molar-refractivity contribution < 1.29 is 0 Å². The van der Waals surface area contributed by atoms with Gasteiger partial charge in [0.25, 0.3) is 0 Å². The first-order chi connectivity index (χ1) is 6.09. The maximum Gasteiger partial charge on any atom is 0.140 e. The van der Waals surface area contributed by atoms with Gasteiger partial charge in [0.05, 0.1) is 16.4 Å². The fourth-order valence-corrected chi connectivity index (χ4v) is 1.32. The minimum atomic E-state index is 0.646. The molecule has 1 aromatic rings. The molecule has 0 bridgehead atoms. The number of nitrogen functional groups attached to an aromatic ring is 1. The Morgan fingerprint density at radius 3 is 3.00 bits per heavy atom. The average molecular weight is 242 g/mol. The Hall–Kier alpha value is -1.03. The van der Waals surface area contributed by atoms with Crippen LogP contribution in [0.3, 0.4) is 0 Å². The van der Waals surface area contributed by atoms with E-state index in [1.807, 2.05) is 13.0 Å². The number of hydrogen-bond acceptors (Lipinski definition) is 3. The molecular weight excluding hydrogens is 230 g/mol. The highest BCUT2D eigenvalue weighted by molar-refractivity contribution is 9.10. The maximum absolute atomic E-state index is 5.55. The van der Waals surface area contributed by atoms with E-state index in [4.69, 9.17) is 5.73 Å². The van der Waals surface area contributed by atoms with Gasteiger partial charge in [0, 0.05) is 6.54 Å². The summed E-state index contributed by atoms with van der Waals surface area (Å²) in [5, 5.41) is 3.13. The third-order valence-corrected chi connectivity index (χ3v) is 2.02. The first-order valence-electron chi connectivity index (χ1n) is 3.89. The van der Waals surface area contributed by atoms with E-state index >= 15 is 0 Å². The van der Waals surface area contributed by atoms with E-state index in [1.165, 1.54) is 0 Å². The first-order valence-corrected chi connectivity index (χ1v) is 4.68. The summed E-state index contributed by atoms with van der Waals surface area (Å²) >= 11 is 3.36. The van der Waals surface area contributed by atoms with Gasteiger partial charge in [-0.1, -0.05) is 12.2 Å². The minimum absolute atomic E-state index is 0.646. The second-order valence-electron chi connectivity index (χ2n) is 2.91. The first kappa shape index (κ1) is 10.1. The van der Waals surface area contributed by atoms with Gasteiger partial charge < -0.3 is 11.1 Å². The van der Waals surface area contributed by atoms with Crippen LogP contribution in [0.1, 0.15) is 6.92 Å². The van der Waals surface area contributed by atoms with E-state index in [0.29, 0.717) is 5.69 Å². The number of hydrogen-bond donors (Lipinski definition) is 2. The number of halogens is 1. The van der Waals surface area contributed by atoms with Gasteiger partial charge in [-0.3, -0.25) is 0 Å². The molecule has 4 heteroatoms. The minimum Gasteiger partial charge on any atom is -0.397 e. The predicted octanol–water partition coefficient (Wildman–Crippen LogP) is 2.41. The molecule has 0 saturated heterocycles. The van der Waals surface area contributed by atoms with Crippen molar-refractivity contribution in [2.45, 2.75) is 6.92 Å². The number of rotatable bonds is 3. The van der Waals surface area contributed by atoms with Crippen LogP contribution in [0.2, 0.25) is 0 Å². The van der Waals surface area contributed by atoms with Crippen molar-refractivity contribution in [2.24, 2.45) is 0 Å². The van der Waals surface area contributed by atoms with E-state index < -0.39 is 0 Å². The Morgan fingerprint density at radius 1 is 1.77 bits per heavy atom. The molecule has 13 heavy (non-hydrogen) atoms. The normalized spacial score (nSPS) is 9.69. The fraction of sp³-hybridized carbons (Fsp3) is 0.222. The lowest BCUT2D eigenvalue weighted by molar-refractivity contribution is 1.16. The topological polar surface area (TPSA) is 50.9 Å². The summed E-state index contributed by atoms with van der Waals surface area (Å²) in [5.74, 6) is 0.789. The van der Waals surface area contributed by atoms with Gasteiger partial charge in [0.1, 0.15) is 5.82 Å². The molecule has 0 amide bonds. The molecule has 1 aromatic heterocycles. The summed E-state index contributed by atoms with van der Waals surface area (Å²) in [6, 6.07) is 1.81. The Labute approximate surface area is 86.2 Å². The van der Waals surface area contributed by atoms with Gasteiger partial charge in [-0.05, 0) is 28.9 Å². The largest absolute Gasteiger partial charge is 0.397 e. The summed E-state index contributed by atoms with van der Waals surface area (Å²) in [4.78, 5) is 4.13. The highest BCUT2D eigenvalue weighted by Crippen LogP contribution is 2.21. The van der Waals surface area contributed by atoms with Crippen molar-refractivity contribution in [3.05, 3.63) is 28.9 Å². The number of nitrogens with two attached hydrogens (primary N) is 1. The molecule has 1 rings (SSSR count). The molecule has 0 unspecified atom stereocenters. The molecular formula is C9H12BrN3. The maximum atomic E-state index is 5.55. The van der Waals surface area contributed by atoms with E-state index in [9.17, 15) is 0 Å². The van der Waals surface area contributed by atoms with Crippen molar-refractivity contribution in [1.82, 2.24) is 4.98 Å². The highest BCUT2D eigenvalue weighted by Gasteiger charge is 2.00. The smallest absolute Gasteiger partial charge is 0.140 e. The van der Waals surface area contributed by atoms with Gasteiger partial charge in [-0.25, -0.2) is 4.98 Å². The number of aromatic nitrogens is 1. The molecule has 1 heterocycles. The van der Waals surface area contributed by atoms with E-state index in [1.54, 1.807) is 6.20 Å². The van der Waals surface area contributed by atoms with Gasteiger partial charge in [-0.2, -0.15) is 0 Å². The van der Waals surface area contributed by atoms with Crippen molar-refractivity contribution >= 4 is 27.4 Å². The number of nitrogens with zero attached hydrogens (tertiary/aromatic N) is 1. The van der Waals surface area contributed by atoms with Crippen molar-refractivity contribution in [2.75, 3.05) is 17.6 Å². The Morgan fingerprint density at radius 2 is 2.46 bits per heavy atom. The average Bonchev–Trinajstić information content (AvgIpc) is 2.02. The van der Waals surface area contributed by atoms with E-state index in [-0.39, 0.29) is 0 Å². The second kappa shape index (κ2) is 4.28. The van der Waals surface area contributed by atoms with Crippen molar-refractivity contribution in [1.29, 1.82) is 0 Å². The molecule has 0 aromatic carbocycles. The molecule has 0 spiro atoms. The SMILES string of the molecule is C=C(C)CNc1ncc(N)cc1Br. The van der Waals surface area contributed by atoms with E-state index in [2.05, 4.69) is 32.8 Å². The van der Waals surface area contributed by atoms with Crippen molar-refractivity contribution in [3.8, 4) is 0 Å². The summed E-state index contributed by atoms with van der Waals surface area (Å²) in [5.41, 5.74) is 7.25. The lowest BCUT2D eigenvalue weighted by Crippen LogP contribution is -2.04. The van der Waals surface area contributed by atoms with Gasteiger partial charge in [0.15, 0.2) is 0 Å². The third-order valence-electron chi connectivity index (χ3n) is 1.42. The predicted molar refractivity (Wildman–Crippen MR) is 59.7 cm³/mol. The molecule has 0 aliphatic heterocycles. The van der Waals surface area contributed by atoms with Crippen LogP contribution in [0, 0.1) is 0 Å². The van der Waals surface area contributed by atoms with Gasteiger partial charge >= 0.3 is 0 Å². The van der Waals surface area contributed by atoms with E-state index in [0.717, 1.165) is 22.4 Å². The summed E-state index contributed by atoms with van der Waals surface area (Å²) < 4.78 is 0.869. The molecule has 3 N–H and O–H groups in total. The summed E-state index contributed by atoms with van der Waals surface area (Å²) in [6.07, 6.45) is 1.62. The number of nitrogens with one attached hydrogen (secondary N) is 1. The standard InChI is InChI=1S/C9H12BrN3/c1-6(2)4-12-9-8(10)3-7(11)5-13-9/h3,5H,1,4,11H2,2H3,(H,12,13). The number of pyridine rings is 1. The van der Waals surface area contributed by atoms with Crippen LogP contribution in [-0.4, -0.2) is 11.5 Å². The monoisotopic (exact) mass is 241 g/mol. The van der Waals surface area contributed by atoms with Crippen LogP contribution in [0.4, 0.5) is 11.5 Å². The third kappa shape index (κ3) is 3.06. The Bertz CT molecular complexity index is 323. The summed E-state index contributed by atoms with van der Waals surface area (Å²) in [7, 11) is 0. The molecule has 0 radical (unpaired) electrons. The highest BCUT2D eigenvalue weighted by atomic mass is 79.9. The second-order valence-corrected chi connectivity index (χ2v) is 3.76. The van der Waals surface area contributed by atoms with Crippen LogP contribution in [-0.2, 0) is 0 Å². The quantitative estimate of drug-likeness (QED) is 0.800. The lowest BCUT2D eigenvalue weighted by atomic mass is 10.3. The molecule has 0 fully saturated rings. The Balaban J connectivity index is 2.72. The zero-order valence-electron chi connectivity index (χ0n) is 7.47. The zero-order valence-corrected chi connectivity index (χ0v) is 9.06. The van der Waals surface area contributed by atoms with Crippen molar-refractivity contribution in [3.63, 3.8) is 0 Å². The van der Waals surface area contributed by atoms with Crippen LogP contribution in [0.25, 0.3) is 0 Å². The molecule has 70 valence electrons. The summed E-state index contributed by atoms with van der Waals surface area (Å²) in [6.45, 7) is 6.46. The van der Waals surface area contributed by atoms with Crippen LogP contribution in [0.5, 0.6) is 0 Å². The van der Waals surface area contributed by atoms with Gasteiger partial charge in [-0.15, -0.1) is 0 Å². The lowest BCUT2D eigenvalue weighted by Gasteiger charge is -2.07.